The zero-order valence-corrected chi connectivity index (χ0v) is 20.3. The normalized spacial score (nSPS) is 12.2. The Labute approximate surface area is 210 Å². The molecule has 7 aromatic rings. The monoisotopic (exact) mass is 482 g/mol. The third kappa shape index (κ3) is 2.86. The van der Waals surface area contributed by atoms with E-state index in [1.54, 1.807) is 0 Å². The van der Waals surface area contributed by atoms with Crippen molar-refractivity contribution < 1.29 is 4.74 Å². The minimum Gasteiger partial charge on any atom is -0.456 e. The van der Waals surface area contributed by atoms with Crippen molar-refractivity contribution in [1.29, 1.82) is 0 Å². The lowest BCUT2D eigenvalue weighted by Crippen LogP contribution is -1.97. The van der Waals surface area contributed by atoms with Gasteiger partial charge in [0.15, 0.2) is 0 Å². The Kier molecular flexibility index (Phi) is 4.04. The first-order valence-electron chi connectivity index (χ1n) is 11.7. The molecule has 0 atom stereocenters. The maximum absolute atomic E-state index is 6.23. The van der Waals surface area contributed by atoms with Crippen LogP contribution in [0.5, 0.6) is 11.5 Å². The zero-order valence-electron chi connectivity index (χ0n) is 18.6. The van der Waals surface area contributed by atoms with Gasteiger partial charge in [0.2, 0.25) is 0 Å². The SMILES string of the molecule is c1ccc2c(c1)Oc1cccc3cc(-c4ccc(-c5cccc6c5sc5ccccc56)s4)cc-2c13. The maximum Gasteiger partial charge on any atom is 0.135 e. The highest BCUT2D eigenvalue weighted by atomic mass is 32.1. The molecule has 3 heterocycles. The Morgan fingerprint density at radius 3 is 2.29 bits per heavy atom. The molecule has 35 heavy (non-hydrogen) atoms. The second-order valence-electron chi connectivity index (χ2n) is 8.92. The van der Waals surface area contributed by atoms with Gasteiger partial charge in [-0.1, -0.05) is 66.7 Å². The van der Waals surface area contributed by atoms with Gasteiger partial charge in [-0.3, -0.25) is 0 Å². The van der Waals surface area contributed by atoms with Gasteiger partial charge >= 0.3 is 0 Å². The summed E-state index contributed by atoms with van der Waals surface area (Å²) in [6.07, 6.45) is 0. The van der Waals surface area contributed by atoms with Crippen molar-refractivity contribution in [3.05, 3.63) is 109 Å². The summed E-state index contributed by atoms with van der Waals surface area (Å²) in [4.78, 5) is 2.59. The second-order valence-corrected chi connectivity index (χ2v) is 11.1. The van der Waals surface area contributed by atoms with Crippen LogP contribution in [-0.2, 0) is 0 Å². The fourth-order valence-corrected chi connectivity index (χ4v) is 7.63. The summed E-state index contributed by atoms with van der Waals surface area (Å²) in [5.74, 6) is 1.86. The van der Waals surface area contributed by atoms with Crippen LogP contribution < -0.4 is 4.74 Å². The molecule has 2 aromatic heterocycles. The van der Waals surface area contributed by atoms with Gasteiger partial charge in [0.1, 0.15) is 11.5 Å². The van der Waals surface area contributed by atoms with Gasteiger partial charge in [-0.15, -0.1) is 22.7 Å². The van der Waals surface area contributed by atoms with Crippen LogP contribution in [-0.4, -0.2) is 0 Å². The first-order chi connectivity index (χ1) is 17.3. The fraction of sp³-hybridized carbons (Fsp3) is 0. The molecule has 164 valence electrons. The summed E-state index contributed by atoms with van der Waals surface area (Å²) in [6, 6.07) is 39.3. The van der Waals surface area contributed by atoms with Crippen molar-refractivity contribution in [2.24, 2.45) is 0 Å². The van der Waals surface area contributed by atoms with Crippen LogP contribution in [0.2, 0.25) is 0 Å². The second kappa shape index (κ2) is 7.29. The van der Waals surface area contributed by atoms with E-state index < -0.39 is 0 Å². The van der Waals surface area contributed by atoms with Crippen molar-refractivity contribution in [2.45, 2.75) is 0 Å². The minimum atomic E-state index is 0.924. The van der Waals surface area contributed by atoms with Crippen molar-refractivity contribution in [1.82, 2.24) is 0 Å². The summed E-state index contributed by atoms with van der Waals surface area (Å²) in [6.45, 7) is 0. The molecule has 0 bridgehead atoms. The molecule has 1 aliphatic heterocycles. The van der Waals surface area contributed by atoms with Crippen LogP contribution in [0.4, 0.5) is 0 Å². The Morgan fingerprint density at radius 1 is 0.514 bits per heavy atom. The van der Waals surface area contributed by atoms with Crippen molar-refractivity contribution in [3.63, 3.8) is 0 Å². The largest absolute Gasteiger partial charge is 0.456 e. The van der Waals surface area contributed by atoms with Gasteiger partial charge in [0.25, 0.3) is 0 Å². The molecule has 0 saturated heterocycles. The van der Waals surface area contributed by atoms with E-state index in [0.717, 1.165) is 17.1 Å². The number of ether oxygens (including phenoxy) is 1. The highest BCUT2D eigenvalue weighted by molar-refractivity contribution is 7.27. The number of para-hydroxylation sites is 1. The van der Waals surface area contributed by atoms with E-state index in [1.807, 2.05) is 28.7 Å². The molecule has 3 heteroatoms. The number of fused-ring (bicyclic) bond motifs is 5. The van der Waals surface area contributed by atoms with Crippen molar-refractivity contribution in [3.8, 4) is 43.5 Å². The molecule has 0 amide bonds. The highest BCUT2D eigenvalue weighted by Gasteiger charge is 2.21. The molecule has 8 rings (SSSR count). The molecule has 0 radical (unpaired) electrons. The van der Waals surface area contributed by atoms with Gasteiger partial charge in [-0.25, -0.2) is 0 Å². The zero-order chi connectivity index (χ0) is 22.9. The third-order valence-electron chi connectivity index (χ3n) is 6.90. The molecule has 1 aliphatic rings. The van der Waals surface area contributed by atoms with E-state index in [1.165, 1.54) is 57.4 Å². The summed E-state index contributed by atoms with van der Waals surface area (Å²) in [5.41, 5.74) is 4.98. The molecule has 0 spiro atoms. The number of hydrogen-bond acceptors (Lipinski definition) is 3. The Morgan fingerprint density at radius 2 is 1.29 bits per heavy atom. The first kappa shape index (κ1) is 19.4. The van der Waals surface area contributed by atoms with Crippen LogP contribution in [0, 0.1) is 0 Å². The fourth-order valence-electron chi connectivity index (χ4n) is 5.31. The van der Waals surface area contributed by atoms with Crippen LogP contribution in [0.25, 0.3) is 63.0 Å². The van der Waals surface area contributed by atoms with Gasteiger partial charge in [-0.05, 0) is 59.0 Å². The molecular formula is C32H18OS2. The topological polar surface area (TPSA) is 9.23 Å². The quantitative estimate of drug-likeness (QED) is 0.238. The summed E-state index contributed by atoms with van der Waals surface area (Å²) in [7, 11) is 0. The van der Waals surface area contributed by atoms with E-state index in [9.17, 15) is 0 Å². The lowest BCUT2D eigenvalue weighted by atomic mass is 9.92. The van der Waals surface area contributed by atoms with Crippen LogP contribution in [0.15, 0.2) is 109 Å². The van der Waals surface area contributed by atoms with Crippen LogP contribution in [0.3, 0.4) is 0 Å². The first-order valence-corrected chi connectivity index (χ1v) is 13.3. The Bertz CT molecular complexity index is 1940. The predicted molar refractivity (Wildman–Crippen MR) is 151 cm³/mol. The van der Waals surface area contributed by atoms with E-state index >= 15 is 0 Å². The summed E-state index contributed by atoms with van der Waals surface area (Å²) < 4.78 is 8.94. The average molecular weight is 483 g/mol. The lowest BCUT2D eigenvalue weighted by Gasteiger charge is -2.21. The van der Waals surface area contributed by atoms with Gasteiger partial charge in [-0.2, -0.15) is 0 Å². The van der Waals surface area contributed by atoms with Gasteiger partial charge in [0, 0.05) is 46.4 Å². The maximum atomic E-state index is 6.23. The van der Waals surface area contributed by atoms with E-state index in [0.29, 0.717) is 0 Å². The molecule has 0 unspecified atom stereocenters. The molecule has 1 nitrogen and oxygen atoms in total. The average Bonchev–Trinajstić information content (AvgIpc) is 3.54. The smallest absolute Gasteiger partial charge is 0.135 e. The van der Waals surface area contributed by atoms with Gasteiger partial charge < -0.3 is 4.74 Å². The number of thiophene rings is 2. The van der Waals surface area contributed by atoms with Crippen LogP contribution in [0.1, 0.15) is 0 Å². The predicted octanol–water partition coefficient (Wildman–Crippen LogP) is 10.4. The Balaban J connectivity index is 1.31. The summed E-state index contributed by atoms with van der Waals surface area (Å²) >= 11 is 3.76. The van der Waals surface area contributed by atoms with Gasteiger partial charge in [0.05, 0.1) is 0 Å². The minimum absolute atomic E-state index is 0.924. The highest BCUT2D eigenvalue weighted by Crippen LogP contribution is 2.49. The van der Waals surface area contributed by atoms with Crippen molar-refractivity contribution in [2.75, 3.05) is 0 Å². The number of hydrogen-bond donors (Lipinski definition) is 0. The van der Waals surface area contributed by atoms with Crippen molar-refractivity contribution >= 4 is 53.6 Å². The van der Waals surface area contributed by atoms with E-state index in [-0.39, 0.29) is 0 Å². The molecule has 0 saturated carbocycles. The van der Waals surface area contributed by atoms with E-state index in [4.69, 9.17) is 4.74 Å². The molecule has 0 aliphatic carbocycles. The number of rotatable bonds is 2. The van der Waals surface area contributed by atoms with Crippen LogP contribution >= 0.6 is 22.7 Å². The lowest BCUT2D eigenvalue weighted by molar-refractivity contribution is 0.487. The third-order valence-corrected chi connectivity index (χ3v) is 9.28. The number of benzene rings is 5. The molecular weight excluding hydrogens is 464 g/mol. The molecule has 5 aromatic carbocycles. The molecule has 0 N–H and O–H groups in total. The molecule has 0 fully saturated rings. The summed E-state index contributed by atoms with van der Waals surface area (Å²) in [5, 5.41) is 5.10. The standard InChI is InChI=1S/C32H18OS2/c1-3-12-26-21(8-1)25-18-20(17-19-7-5-13-27(33-26)31(19)25)28-15-16-30(34-28)24-11-6-10-23-22-9-2-4-14-29(22)35-32(23)24/h1-18H. The Hall–Kier alpha value is -3.92. The van der Waals surface area contributed by atoms with E-state index in [2.05, 4.69) is 103 Å².